The zero-order valence-electron chi connectivity index (χ0n) is 16.5. The Labute approximate surface area is 173 Å². The van der Waals surface area contributed by atoms with E-state index in [0.717, 1.165) is 38.6 Å². The van der Waals surface area contributed by atoms with E-state index in [1.807, 2.05) is 63.2 Å². The van der Waals surface area contributed by atoms with Gasteiger partial charge >= 0.3 is 0 Å². The Morgan fingerprint density at radius 3 is 2.48 bits per heavy atom. The highest BCUT2D eigenvalue weighted by Crippen LogP contribution is 2.26. The molecule has 7 heteroatoms. The minimum atomic E-state index is -0.0647. The Bertz CT molecular complexity index is 1160. The highest BCUT2D eigenvalue weighted by atomic mass is 32.2. The zero-order chi connectivity index (χ0) is 20.4. The van der Waals surface area contributed by atoms with Crippen molar-refractivity contribution >= 4 is 34.4 Å². The van der Waals surface area contributed by atoms with Crippen molar-refractivity contribution in [2.24, 2.45) is 0 Å². The van der Waals surface area contributed by atoms with E-state index in [0.29, 0.717) is 0 Å². The van der Waals surface area contributed by atoms with Gasteiger partial charge in [-0.15, -0.1) is 0 Å². The van der Waals surface area contributed by atoms with Crippen molar-refractivity contribution in [1.29, 1.82) is 0 Å². The summed E-state index contributed by atoms with van der Waals surface area (Å²) in [5.74, 6) is 0.195. The molecule has 6 nitrogen and oxygen atoms in total. The molecular weight excluding hydrogens is 382 g/mol. The molecule has 1 N–H and O–H groups in total. The molecule has 0 saturated carbocycles. The standard InChI is InChI=1S/C22H21N5OS/c1-14-7-9-17(10-8-14)27-21-18(11-25-27)22(24-13-23-21)29-12-19(28)26-20-15(2)5-4-6-16(20)3/h4-11,13H,12H2,1-3H3,(H,26,28). The summed E-state index contributed by atoms with van der Waals surface area (Å²) in [6, 6.07) is 14.1. The number of anilines is 1. The smallest absolute Gasteiger partial charge is 0.234 e. The number of aromatic nitrogens is 4. The van der Waals surface area contributed by atoms with Gasteiger partial charge in [0.2, 0.25) is 5.91 Å². The van der Waals surface area contributed by atoms with Crippen molar-refractivity contribution in [3.63, 3.8) is 0 Å². The summed E-state index contributed by atoms with van der Waals surface area (Å²) in [5.41, 5.74) is 5.82. The van der Waals surface area contributed by atoms with Gasteiger partial charge in [-0.05, 0) is 44.0 Å². The first-order chi connectivity index (χ1) is 14.0. The third kappa shape index (κ3) is 4.00. The molecule has 1 amide bonds. The number of aryl methyl sites for hydroxylation is 3. The predicted molar refractivity (Wildman–Crippen MR) is 117 cm³/mol. The number of nitrogens with zero attached hydrogens (tertiary/aromatic N) is 4. The zero-order valence-corrected chi connectivity index (χ0v) is 17.3. The largest absolute Gasteiger partial charge is 0.325 e. The molecule has 0 unspecified atom stereocenters. The normalized spacial score (nSPS) is 11.0. The second-order valence-corrected chi connectivity index (χ2v) is 7.88. The summed E-state index contributed by atoms with van der Waals surface area (Å²) in [6.45, 7) is 6.03. The average molecular weight is 404 g/mol. The maximum atomic E-state index is 12.5. The SMILES string of the molecule is Cc1ccc(-n2ncc3c(SCC(=O)Nc4c(C)cccc4C)ncnc32)cc1. The van der Waals surface area contributed by atoms with Gasteiger partial charge in [0.05, 0.1) is 23.0 Å². The lowest BCUT2D eigenvalue weighted by atomic mass is 10.1. The molecule has 0 fully saturated rings. The van der Waals surface area contributed by atoms with Crippen LogP contribution in [0, 0.1) is 20.8 Å². The summed E-state index contributed by atoms with van der Waals surface area (Å²) in [4.78, 5) is 21.2. The Morgan fingerprint density at radius 1 is 1.03 bits per heavy atom. The fraction of sp³-hybridized carbons (Fsp3) is 0.182. The van der Waals surface area contributed by atoms with Crippen LogP contribution in [0.4, 0.5) is 5.69 Å². The number of nitrogens with one attached hydrogen (secondary N) is 1. The van der Waals surface area contributed by atoms with E-state index in [1.54, 1.807) is 10.9 Å². The Balaban J connectivity index is 1.53. The van der Waals surface area contributed by atoms with Crippen LogP contribution < -0.4 is 5.32 Å². The van der Waals surface area contributed by atoms with Gasteiger partial charge < -0.3 is 5.32 Å². The van der Waals surface area contributed by atoms with Crippen LogP contribution in [0.3, 0.4) is 0 Å². The van der Waals surface area contributed by atoms with Gasteiger partial charge in [-0.3, -0.25) is 4.79 Å². The molecule has 0 spiro atoms. The van der Waals surface area contributed by atoms with Crippen LogP contribution in [0.2, 0.25) is 0 Å². The first-order valence-corrected chi connectivity index (χ1v) is 10.3. The number of hydrogen-bond acceptors (Lipinski definition) is 5. The van der Waals surface area contributed by atoms with Crippen LogP contribution in [-0.4, -0.2) is 31.4 Å². The predicted octanol–water partition coefficient (Wildman–Crippen LogP) is 4.47. The molecule has 4 aromatic rings. The first-order valence-electron chi connectivity index (χ1n) is 9.27. The van der Waals surface area contributed by atoms with Crippen LogP contribution >= 0.6 is 11.8 Å². The van der Waals surface area contributed by atoms with Crippen molar-refractivity contribution in [2.75, 3.05) is 11.1 Å². The number of para-hydroxylation sites is 1. The molecule has 0 saturated heterocycles. The summed E-state index contributed by atoms with van der Waals surface area (Å²) < 4.78 is 1.79. The van der Waals surface area contributed by atoms with E-state index in [4.69, 9.17) is 0 Å². The van der Waals surface area contributed by atoms with Gasteiger partial charge in [-0.2, -0.15) is 5.10 Å². The fourth-order valence-corrected chi connectivity index (χ4v) is 3.89. The first kappa shape index (κ1) is 19.1. The highest BCUT2D eigenvalue weighted by molar-refractivity contribution is 8.00. The van der Waals surface area contributed by atoms with Crippen LogP contribution in [0.5, 0.6) is 0 Å². The lowest BCUT2D eigenvalue weighted by Crippen LogP contribution is -2.15. The van der Waals surface area contributed by atoms with Crippen molar-refractivity contribution in [3.05, 3.63) is 71.7 Å². The minimum Gasteiger partial charge on any atom is -0.325 e. The molecule has 0 aliphatic carbocycles. The molecule has 0 aliphatic rings. The number of thioether (sulfide) groups is 1. The number of carbonyl (C=O) groups is 1. The number of amides is 1. The Morgan fingerprint density at radius 2 is 1.76 bits per heavy atom. The molecule has 2 heterocycles. The van der Waals surface area contributed by atoms with Gasteiger partial charge in [-0.1, -0.05) is 47.7 Å². The molecule has 0 radical (unpaired) electrons. The van der Waals surface area contributed by atoms with Crippen molar-refractivity contribution in [2.45, 2.75) is 25.8 Å². The third-order valence-electron chi connectivity index (χ3n) is 4.69. The summed E-state index contributed by atoms with van der Waals surface area (Å²) in [5, 5.41) is 9.06. The molecule has 0 atom stereocenters. The van der Waals surface area contributed by atoms with Crippen LogP contribution in [-0.2, 0) is 4.79 Å². The molecule has 2 aromatic carbocycles. The van der Waals surface area contributed by atoms with E-state index in [2.05, 4.69) is 20.4 Å². The van der Waals surface area contributed by atoms with E-state index >= 15 is 0 Å². The van der Waals surface area contributed by atoms with E-state index in [-0.39, 0.29) is 11.7 Å². The van der Waals surface area contributed by atoms with Gasteiger partial charge in [0, 0.05) is 5.69 Å². The number of hydrogen-bond donors (Lipinski definition) is 1. The molecular formula is C22H21N5OS. The maximum Gasteiger partial charge on any atom is 0.234 e. The number of benzene rings is 2. The number of fused-ring (bicyclic) bond motifs is 1. The highest BCUT2D eigenvalue weighted by Gasteiger charge is 2.14. The van der Waals surface area contributed by atoms with Crippen molar-refractivity contribution < 1.29 is 4.79 Å². The van der Waals surface area contributed by atoms with E-state index in [1.165, 1.54) is 23.7 Å². The topological polar surface area (TPSA) is 72.7 Å². The lowest BCUT2D eigenvalue weighted by molar-refractivity contribution is -0.113. The van der Waals surface area contributed by atoms with Crippen LogP contribution in [0.1, 0.15) is 16.7 Å². The van der Waals surface area contributed by atoms with Gasteiger partial charge in [0.25, 0.3) is 0 Å². The fourth-order valence-electron chi connectivity index (χ4n) is 3.13. The number of carbonyl (C=O) groups excluding carboxylic acids is 1. The van der Waals surface area contributed by atoms with E-state index < -0.39 is 0 Å². The lowest BCUT2D eigenvalue weighted by Gasteiger charge is -2.11. The quantitative estimate of drug-likeness (QED) is 0.393. The Kier molecular flexibility index (Phi) is 5.31. The average Bonchev–Trinajstić information content (AvgIpc) is 3.15. The second-order valence-electron chi connectivity index (χ2n) is 6.91. The molecule has 29 heavy (non-hydrogen) atoms. The maximum absolute atomic E-state index is 12.5. The molecule has 2 aromatic heterocycles. The van der Waals surface area contributed by atoms with Crippen molar-refractivity contribution in [1.82, 2.24) is 19.7 Å². The summed E-state index contributed by atoms with van der Waals surface area (Å²) in [7, 11) is 0. The molecule has 0 bridgehead atoms. The van der Waals surface area contributed by atoms with E-state index in [9.17, 15) is 4.79 Å². The van der Waals surface area contributed by atoms with Gasteiger partial charge in [0.1, 0.15) is 11.4 Å². The number of rotatable bonds is 5. The molecule has 146 valence electrons. The monoisotopic (exact) mass is 403 g/mol. The molecule has 0 aliphatic heterocycles. The summed E-state index contributed by atoms with van der Waals surface area (Å²) in [6.07, 6.45) is 3.27. The van der Waals surface area contributed by atoms with Crippen LogP contribution in [0.15, 0.2) is 60.0 Å². The third-order valence-corrected chi connectivity index (χ3v) is 5.70. The van der Waals surface area contributed by atoms with Crippen LogP contribution in [0.25, 0.3) is 16.7 Å². The Hall–Kier alpha value is -3.19. The minimum absolute atomic E-state index is 0.0647. The van der Waals surface area contributed by atoms with Crippen molar-refractivity contribution in [3.8, 4) is 5.69 Å². The molecule has 4 rings (SSSR count). The van der Waals surface area contributed by atoms with Gasteiger partial charge in [-0.25, -0.2) is 14.6 Å². The second kappa shape index (κ2) is 8.05. The van der Waals surface area contributed by atoms with Gasteiger partial charge in [0.15, 0.2) is 5.65 Å². The summed E-state index contributed by atoms with van der Waals surface area (Å²) >= 11 is 1.38.